The number of aryl methyl sites for hydroxylation is 2. The second kappa shape index (κ2) is 5.35. The van der Waals surface area contributed by atoms with Crippen LogP contribution in [0.3, 0.4) is 0 Å². The standard InChI is InChI=1S/C17H21NO/c1-12-9-10-17(19)15(11-12)14(3)18(4)16-8-6-5-7-13(16)2/h5-11,14,19H,1-4H3. The minimum Gasteiger partial charge on any atom is -0.508 e. The lowest BCUT2D eigenvalue weighted by atomic mass is 10.0. The van der Waals surface area contributed by atoms with Crippen molar-refractivity contribution in [2.75, 3.05) is 11.9 Å². The molecule has 0 heterocycles. The number of hydrogen-bond acceptors (Lipinski definition) is 2. The number of phenols is 1. The van der Waals surface area contributed by atoms with Gasteiger partial charge in [0.15, 0.2) is 0 Å². The Labute approximate surface area is 115 Å². The average molecular weight is 255 g/mol. The molecule has 2 aromatic carbocycles. The van der Waals surface area contributed by atoms with Crippen LogP contribution in [-0.2, 0) is 0 Å². The summed E-state index contributed by atoms with van der Waals surface area (Å²) in [5, 5.41) is 10.0. The molecule has 2 nitrogen and oxygen atoms in total. The van der Waals surface area contributed by atoms with E-state index in [9.17, 15) is 5.11 Å². The van der Waals surface area contributed by atoms with E-state index in [1.165, 1.54) is 11.3 Å². The van der Waals surface area contributed by atoms with Crippen molar-refractivity contribution < 1.29 is 5.11 Å². The van der Waals surface area contributed by atoms with Crippen molar-refractivity contribution in [2.45, 2.75) is 26.8 Å². The molecule has 0 radical (unpaired) electrons. The molecule has 0 spiro atoms. The Hall–Kier alpha value is -1.96. The highest BCUT2D eigenvalue weighted by Crippen LogP contribution is 2.32. The predicted molar refractivity (Wildman–Crippen MR) is 80.8 cm³/mol. The third-order valence-electron chi connectivity index (χ3n) is 3.71. The molecular weight excluding hydrogens is 234 g/mol. The molecular formula is C17H21NO. The number of nitrogens with zero attached hydrogens (tertiary/aromatic N) is 1. The molecule has 0 saturated heterocycles. The van der Waals surface area contributed by atoms with Gasteiger partial charge in [-0.2, -0.15) is 0 Å². The Balaban J connectivity index is 2.36. The number of hydrogen-bond donors (Lipinski definition) is 1. The van der Waals surface area contributed by atoms with Gasteiger partial charge in [-0.3, -0.25) is 0 Å². The maximum absolute atomic E-state index is 10.0. The third-order valence-corrected chi connectivity index (χ3v) is 3.71. The summed E-state index contributed by atoms with van der Waals surface area (Å²) in [5.74, 6) is 0.360. The van der Waals surface area contributed by atoms with Crippen LogP contribution in [0.2, 0.25) is 0 Å². The minimum atomic E-state index is 0.126. The van der Waals surface area contributed by atoms with Gasteiger partial charge in [0.25, 0.3) is 0 Å². The van der Waals surface area contributed by atoms with Crippen molar-refractivity contribution in [3.8, 4) is 5.75 Å². The summed E-state index contributed by atoms with van der Waals surface area (Å²) in [4.78, 5) is 2.20. The normalized spacial score (nSPS) is 12.2. The van der Waals surface area contributed by atoms with Crippen LogP contribution in [0.25, 0.3) is 0 Å². The number of benzene rings is 2. The SMILES string of the molecule is Cc1ccc(O)c(C(C)N(C)c2ccccc2C)c1. The molecule has 1 atom stereocenters. The lowest BCUT2D eigenvalue weighted by Gasteiger charge is -2.29. The van der Waals surface area contributed by atoms with Crippen LogP contribution < -0.4 is 4.90 Å². The summed E-state index contributed by atoms with van der Waals surface area (Å²) in [5.41, 5.74) is 4.56. The fourth-order valence-electron chi connectivity index (χ4n) is 2.38. The summed E-state index contributed by atoms with van der Waals surface area (Å²) < 4.78 is 0. The van der Waals surface area contributed by atoms with E-state index in [2.05, 4.69) is 44.0 Å². The van der Waals surface area contributed by atoms with Gasteiger partial charge in [0, 0.05) is 18.3 Å². The summed E-state index contributed by atoms with van der Waals surface area (Å²) in [6, 6.07) is 14.2. The largest absolute Gasteiger partial charge is 0.508 e. The van der Waals surface area contributed by atoms with Crippen molar-refractivity contribution in [2.24, 2.45) is 0 Å². The van der Waals surface area contributed by atoms with E-state index in [4.69, 9.17) is 0 Å². The van der Waals surface area contributed by atoms with E-state index in [1.807, 2.05) is 25.1 Å². The van der Waals surface area contributed by atoms with Gasteiger partial charge in [-0.25, -0.2) is 0 Å². The number of aromatic hydroxyl groups is 1. The molecule has 0 aliphatic rings. The summed E-state index contributed by atoms with van der Waals surface area (Å²) in [6.07, 6.45) is 0. The molecule has 2 rings (SSSR count). The van der Waals surface area contributed by atoms with Crippen molar-refractivity contribution in [3.05, 3.63) is 59.2 Å². The first-order valence-corrected chi connectivity index (χ1v) is 6.58. The van der Waals surface area contributed by atoms with Crippen LogP contribution in [0.4, 0.5) is 5.69 Å². The molecule has 2 aromatic rings. The smallest absolute Gasteiger partial charge is 0.120 e. The fourth-order valence-corrected chi connectivity index (χ4v) is 2.38. The highest BCUT2D eigenvalue weighted by atomic mass is 16.3. The summed E-state index contributed by atoms with van der Waals surface area (Å²) >= 11 is 0. The summed E-state index contributed by atoms with van der Waals surface area (Å²) in [7, 11) is 2.06. The van der Waals surface area contributed by atoms with Gasteiger partial charge >= 0.3 is 0 Å². The van der Waals surface area contributed by atoms with Crippen molar-refractivity contribution in [3.63, 3.8) is 0 Å². The second-order valence-corrected chi connectivity index (χ2v) is 5.14. The van der Waals surface area contributed by atoms with Crippen LogP contribution in [-0.4, -0.2) is 12.2 Å². The van der Waals surface area contributed by atoms with Gasteiger partial charge in [0.1, 0.15) is 5.75 Å². The Bertz CT molecular complexity index is 577. The van der Waals surface area contributed by atoms with Gasteiger partial charge < -0.3 is 10.0 Å². The van der Waals surface area contributed by atoms with E-state index < -0.39 is 0 Å². The lowest BCUT2D eigenvalue weighted by Crippen LogP contribution is -2.22. The first kappa shape index (κ1) is 13.5. The lowest BCUT2D eigenvalue weighted by molar-refractivity contribution is 0.462. The molecule has 19 heavy (non-hydrogen) atoms. The first-order valence-electron chi connectivity index (χ1n) is 6.58. The highest BCUT2D eigenvalue weighted by molar-refractivity contribution is 5.55. The Morgan fingerprint density at radius 2 is 1.74 bits per heavy atom. The van der Waals surface area contributed by atoms with Crippen molar-refractivity contribution >= 4 is 5.69 Å². The Morgan fingerprint density at radius 3 is 2.42 bits per heavy atom. The topological polar surface area (TPSA) is 23.5 Å². The second-order valence-electron chi connectivity index (χ2n) is 5.14. The molecule has 100 valence electrons. The van der Waals surface area contributed by atoms with Gasteiger partial charge in [-0.15, -0.1) is 0 Å². The highest BCUT2D eigenvalue weighted by Gasteiger charge is 2.17. The van der Waals surface area contributed by atoms with Gasteiger partial charge in [-0.1, -0.05) is 35.9 Å². The maximum atomic E-state index is 10.0. The molecule has 1 unspecified atom stereocenters. The zero-order valence-electron chi connectivity index (χ0n) is 12.0. The molecule has 0 fully saturated rings. The number of para-hydroxylation sites is 1. The van der Waals surface area contributed by atoms with Crippen molar-refractivity contribution in [1.29, 1.82) is 0 Å². The summed E-state index contributed by atoms with van der Waals surface area (Å²) in [6.45, 7) is 6.26. The van der Waals surface area contributed by atoms with E-state index in [-0.39, 0.29) is 6.04 Å². The van der Waals surface area contributed by atoms with Gasteiger partial charge in [0.05, 0.1) is 6.04 Å². The zero-order chi connectivity index (χ0) is 14.0. The van der Waals surface area contributed by atoms with Crippen LogP contribution in [0.1, 0.15) is 29.7 Å². The molecule has 0 aliphatic heterocycles. The predicted octanol–water partition coefficient (Wildman–Crippen LogP) is 4.21. The zero-order valence-corrected chi connectivity index (χ0v) is 12.0. The maximum Gasteiger partial charge on any atom is 0.120 e. The van der Waals surface area contributed by atoms with E-state index in [0.717, 1.165) is 11.1 Å². The molecule has 0 aliphatic carbocycles. The average Bonchev–Trinajstić information content (AvgIpc) is 2.40. The molecule has 0 aromatic heterocycles. The van der Waals surface area contributed by atoms with Gasteiger partial charge in [-0.05, 0) is 38.5 Å². The van der Waals surface area contributed by atoms with Crippen LogP contribution in [0.15, 0.2) is 42.5 Å². The Kier molecular flexibility index (Phi) is 3.79. The van der Waals surface area contributed by atoms with Crippen LogP contribution in [0, 0.1) is 13.8 Å². The molecule has 1 N–H and O–H groups in total. The van der Waals surface area contributed by atoms with Crippen LogP contribution >= 0.6 is 0 Å². The molecule has 0 saturated carbocycles. The molecule has 2 heteroatoms. The number of phenolic OH excluding ortho intramolecular Hbond substituents is 1. The minimum absolute atomic E-state index is 0.126. The first-order chi connectivity index (χ1) is 9.00. The van der Waals surface area contributed by atoms with Crippen molar-refractivity contribution in [1.82, 2.24) is 0 Å². The number of rotatable bonds is 3. The van der Waals surface area contributed by atoms with Crippen LogP contribution in [0.5, 0.6) is 5.75 Å². The van der Waals surface area contributed by atoms with E-state index in [0.29, 0.717) is 5.75 Å². The fraction of sp³-hybridized carbons (Fsp3) is 0.294. The van der Waals surface area contributed by atoms with Gasteiger partial charge in [0.2, 0.25) is 0 Å². The molecule has 0 amide bonds. The number of anilines is 1. The Morgan fingerprint density at radius 1 is 1.05 bits per heavy atom. The quantitative estimate of drug-likeness (QED) is 0.888. The molecule has 0 bridgehead atoms. The van der Waals surface area contributed by atoms with E-state index >= 15 is 0 Å². The van der Waals surface area contributed by atoms with E-state index in [1.54, 1.807) is 6.07 Å². The third kappa shape index (κ3) is 2.73. The monoisotopic (exact) mass is 255 g/mol.